The Balaban J connectivity index is 1.33. The molecule has 0 radical (unpaired) electrons. The van der Waals surface area contributed by atoms with E-state index in [-0.39, 0.29) is 0 Å². The first-order valence-electron chi connectivity index (χ1n) is 9.33. The highest BCUT2D eigenvalue weighted by molar-refractivity contribution is 5.82. The zero-order valence-corrected chi connectivity index (χ0v) is 13.2. The van der Waals surface area contributed by atoms with Gasteiger partial charge in [-0.15, -0.1) is 0 Å². The van der Waals surface area contributed by atoms with Crippen LogP contribution in [0.5, 0.6) is 0 Å². The summed E-state index contributed by atoms with van der Waals surface area (Å²) in [5, 5.41) is 7.21. The van der Waals surface area contributed by atoms with Crippen molar-refractivity contribution in [2.45, 2.75) is 82.2 Å². The molecular formula is C18H30N2O. The Bertz CT molecular complexity index is 385. The number of amides is 1. The monoisotopic (exact) mass is 290 g/mol. The minimum Gasteiger partial charge on any atom is -0.353 e. The first-order valence-corrected chi connectivity index (χ1v) is 9.33. The number of rotatable bonds is 2. The lowest BCUT2D eigenvalue weighted by Gasteiger charge is -2.44. The SMILES string of the molecule is O=C(NC1CCNC2(CCCCC2)C1)C1C2CCCCC21. The van der Waals surface area contributed by atoms with Crippen LogP contribution >= 0.6 is 0 Å². The van der Waals surface area contributed by atoms with Crippen molar-refractivity contribution >= 4 is 5.91 Å². The minimum absolute atomic E-state index is 0.352. The highest BCUT2D eigenvalue weighted by atomic mass is 16.2. The fourth-order valence-electron chi connectivity index (χ4n) is 5.57. The number of hydrogen-bond donors (Lipinski definition) is 2. The van der Waals surface area contributed by atoms with E-state index in [1.807, 2.05) is 0 Å². The summed E-state index contributed by atoms with van der Waals surface area (Å²) in [4.78, 5) is 12.6. The zero-order chi connectivity index (χ0) is 14.3. The van der Waals surface area contributed by atoms with Crippen LogP contribution in [0.25, 0.3) is 0 Å². The number of fused-ring (bicyclic) bond motifs is 1. The van der Waals surface area contributed by atoms with Crippen LogP contribution in [0, 0.1) is 17.8 Å². The largest absolute Gasteiger partial charge is 0.353 e. The van der Waals surface area contributed by atoms with Crippen LogP contribution < -0.4 is 10.6 Å². The number of hydrogen-bond acceptors (Lipinski definition) is 2. The van der Waals surface area contributed by atoms with Gasteiger partial charge >= 0.3 is 0 Å². The normalized spacial score (nSPS) is 41.3. The standard InChI is InChI=1S/C18H30N2O/c21-17(16-14-6-2-3-7-15(14)16)20-13-8-11-19-18(12-13)9-4-1-5-10-18/h13-16,19H,1-12H2,(H,20,21). The van der Waals surface area contributed by atoms with Crippen molar-refractivity contribution in [2.75, 3.05) is 6.54 Å². The summed E-state index contributed by atoms with van der Waals surface area (Å²) in [6, 6.07) is 0.430. The molecule has 0 bridgehead atoms. The smallest absolute Gasteiger partial charge is 0.223 e. The van der Waals surface area contributed by atoms with Crippen LogP contribution in [-0.4, -0.2) is 24.0 Å². The van der Waals surface area contributed by atoms with Crippen LogP contribution in [0.3, 0.4) is 0 Å². The molecule has 0 aromatic rings. The average Bonchev–Trinajstić information content (AvgIpc) is 3.22. The maximum absolute atomic E-state index is 12.6. The summed E-state index contributed by atoms with van der Waals surface area (Å²) in [5.74, 6) is 2.25. The Hall–Kier alpha value is -0.570. The van der Waals surface area contributed by atoms with E-state index in [2.05, 4.69) is 10.6 Å². The first-order chi connectivity index (χ1) is 10.3. The quantitative estimate of drug-likeness (QED) is 0.821. The van der Waals surface area contributed by atoms with Crippen molar-refractivity contribution in [3.8, 4) is 0 Å². The molecule has 1 aliphatic heterocycles. The summed E-state index contributed by atoms with van der Waals surface area (Å²) >= 11 is 0. The lowest BCUT2D eigenvalue weighted by molar-refractivity contribution is -0.124. The van der Waals surface area contributed by atoms with Gasteiger partial charge in [0.15, 0.2) is 0 Å². The molecule has 1 amide bonds. The van der Waals surface area contributed by atoms with Crippen molar-refractivity contribution in [1.82, 2.24) is 10.6 Å². The lowest BCUT2D eigenvalue weighted by Crippen LogP contribution is -2.57. The third-order valence-electron chi connectivity index (χ3n) is 6.75. The van der Waals surface area contributed by atoms with E-state index >= 15 is 0 Å². The molecule has 4 rings (SSSR count). The van der Waals surface area contributed by atoms with Gasteiger partial charge in [0.1, 0.15) is 0 Å². The van der Waals surface area contributed by atoms with Gasteiger partial charge in [-0.1, -0.05) is 32.1 Å². The maximum atomic E-state index is 12.6. The van der Waals surface area contributed by atoms with Gasteiger partial charge in [0, 0.05) is 17.5 Å². The molecule has 0 aromatic carbocycles. The topological polar surface area (TPSA) is 41.1 Å². The van der Waals surface area contributed by atoms with Crippen molar-refractivity contribution < 1.29 is 4.79 Å². The van der Waals surface area contributed by atoms with Crippen LogP contribution in [0.1, 0.15) is 70.6 Å². The Labute approximate surface area is 128 Å². The van der Waals surface area contributed by atoms with Gasteiger partial charge in [-0.2, -0.15) is 0 Å². The molecule has 3 saturated carbocycles. The van der Waals surface area contributed by atoms with Crippen LogP contribution in [0.15, 0.2) is 0 Å². The van der Waals surface area contributed by atoms with E-state index in [9.17, 15) is 4.79 Å². The Morgan fingerprint density at radius 2 is 1.67 bits per heavy atom. The van der Waals surface area contributed by atoms with Gasteiger partial charge in [0.2, 0.25) is 5.91 Å². The fourth-order valence-corrected chi connectivity index (χ4v) is 5.57. The van der Waals surface area contributed by atoms with E-state index < -0.39 is 0 Å². The maximum Gasteiger partial charge on any atom is 0.223 e. The van der Waals surface area contributed by atoms with Crippen molar-refractivity contribution in [1.29, 1.82) is 0 Å². The summed E-state index contributed by atoms with van der Waals surface area (Å²) in [6.07, 6.45) is 14.3. The van der Waals surface area contributed by atoms with Crippen LogP contribution in [0.4, 0.5) is 0 Å². The Kier molecular flexibility index (Phi) is 3.72. The van der Waals surface area contributed by atoms with Gasteiger partial charge in [0.05, 0.1) is 0 Å². The number of carbonyl (C=O) groups is 1. The van der Waals surface area contributed by atoms with E-state index in [1.54, 1.807) is 0 Å². The van der Waals surface area contributed by atoms with E-state index in [1.165, 1.54) is 64.2 Å². The molecule has 4 fully saturated rings. The second-order valence-electron chi connectivity index (χ2n) is 8.10. The first kappa shape index (κ1) is 14.0. The lowest BCUT2D eigenvalue weighted by atomic mass is 9.75. The fraction of sp³-hybridized carbons (Fsp3) is 0.944. The molecular weight excluding hydrogens is 260 g/mol. The Morgan fingerprint density at radius 3 is 2.38 bits per heavy atom. The summed E-state index contributed by atoms with van der Waals surface area (Å²) in [6.45, 7) is 1.09. The summed E-state index contributed by atoms with van der Waals surface area (Å²) < 4.78 is 0. The van der Waals surface area contributed by atoms with Gasteiger partial charge in [-0.3, -0.25) is 4.79 Å². The number of carbonyl (C=O) groups excluding carboxylic acids is 1. The molecule has 2 N–H and O–H groups in total. The molecule has 1 spiro atoms. The second-order valence-corrected chi connectivity index (χ2v) is 8.10. The third kappa shape index (κ3) is 2.74. The number of piperidine rings is 1. The zero-order valence-electron chi connectivity index (χ0n) is 13.2. The van der Waals surface area contributed by atoms with Gasteiger partial charge < -0.3 is 10.6 Å². The predicted molar refractivity (Wildman–Crippen MR) is 83.9 cm³/mol. The highest BCUT2D eigenvalue weighted by Crippen LogP contribution is 2.55. The minimum atomic E-state index is 0.352. The molecule has 3 atom stereocenters. The summed E-state index contributed by atoms with van der Waals surface area (Å²) in [5.41, 5.74) is 0.352. The Morgan fingerprint density at radius 1 is 0.952 bits per heavy atom. The summed E-state index contributed by atoms with van der Waals surface area (Å²) in [7, 11) is 0. The molecule has 3 unspecified atom stereocenters. The molecule has 3 nitrogen and oxygen atoms in total. The van der Waals surface area contributed by atoms with Gasteiger partial charge in [-0.25, -0.2) is 0 Å². The molecule has 1 heterocycles. The van der Waals surface area contributed by atoms with Crippen molar-refractivity contribution in [3.63, 3.8) is 0 Å². The molecule has 1 saturated heterocycles. The van der Waals surface area contributed by atoms with Gasteiger partial charge in [0.25, 0.3) is 0 Å². The second kappa shape index (κ2) is 5.57. The predicted octanol–water partition coefficient (Wildman–Crippen LogP) is 2.99. The number of nitrogens with one attached hydrogen (secondary N) is 2. The van der Waals surface area contributed by atoms with Crippen LogP contribution in [-0.2, 0) is 4.79 Å². The van der Waals surface area contributed by atoms with Gasteiger partial charge in [-0.05, 0) is 56.9 Å². The molecule has 3 heteroatoms. The molecule has 4 aliphatic rings. The van der Waals surface area contributed by atoms with Crippen LogP contribution in [0.2, 0.25) is 0 Å². The molecule has 3 aliphatic carbocycles. The molecule has 0 aromatic heterocycles. The van der Waals surface area contributed by atoms with E-state index in [0.717, 1.165) is 24.8 Å². The molecule has 118 valence electrons. The highest BCUT2D eigenvalue weighted by Gasteiger charge is 2.55. The van der Waals surface area contributed by atoms with E-state index in [0.29, 0.717) is 23.4 Å². The average molecular weight is 290 g/mol. The van der Waals surface area contributed by atoms with E-state index in [4.69, 9.17) is 0 Å². The van der Waals surface area contributed by atoms with Crippen molar-refractivity contribution in [2.24, 2.45) is 17.8 Å². The molecule has 21 heavy (non-hydrogen) atoms. The van der Waals surface area contributed by atoms with Crippen molar-refractivity contribution in [3.05, 3.63) is 0 Å². The third-order valence-corrected chi connectivity index (χ3v) is 6.75.